The summed E-state index contributed by atoms with van der Waals surface area (Å²) in [4.78, 5) is 26.4. The minimum atomic E-state index is -2.63. The summed E-state index contributed by atoms with van der Waals surface area (Å²) in [6.45, 7) is 0. The summed E-state index contributed by atoms with van der Waals surface area (Å²) in [6, 6.07) is 14.4. The van der Waals surface area contributed by atoms with Gasteiger partial charge in [-0.15, -0.1) is 0 Å². The maximum absolute atomic E-state index is 16.1. The van der Waals surface area contributed by atoms with Crippen molar-refractivity contribution in [1.82, 2.24) is 19.9 Å². The third-order valence-corrected chi connectivity index (χ3v) is 12.2. The normalized spacial score (nSPS) is 12.4. The number of carbonyl (C=O) groups excluding carboxylic acids is 1. The topological polar surface area (TPSA) is 74.4 Å². The largest absolute Gasteiger partial charge is 0.354 e. The Morgan fingerprint density at radius 2 is 0.634 bits per heavy atom. The highest BCUT2D eigenvalue weighted by atomic mass is 19.2. The minimum absolute atomic E-state index is 0.0422. The zero-order chi connectivity index (χ0) is 50.2. The van der Waals surface area contributed by atoms with Crippen molar-refractivity contribution in [3.05, 3.63) is 197 Å². The van der Waals surface area contributed by atoms with Crippen LogP contribution in [0.2, 0.25) is 0 Å². The monoisotopic (exact) mass is 986 g/mol. The molecule has 0 unspecified atom stereocenters. The van der Waals surface area contributed by atoms with Gasteiger partial charge >= 0.3 is 0 Å². The van der Waals surface area contributed by atoms with Crippen molar-refractivity contribution in [1.29, 1.82) is 0 Å². The van der Waals surface area contributed by atoms with E-state index in [1.165, 1.54) is 18.2 Å². The third-order valence-electron chi connectivity index (χ3n) is 12.2. The lowest BCUT2D eigenvalue weighted by Gasteiger charge is -2.13. The summed E-state index contributed by atoms with van der Waals surface area (Å²) in [7, 11) is 0. The molecular weight excluding hydrogens is 970 g/mol. The molecule has 5 aromatic carbocycles. The van der Waals surface area contributed by atoms with Crippen LogP contribution in [0.1, 0.15) is 33.1 Å². The van der Waals surface area contributed by atoms with Gasteiger partial charge in [-0.05, 0) is 69.8 Å². The highest BCUT2D eigenvalue weighted by Crippen LogP contribution is 2.44. The molecule has 11 rings (SSSR count). The number of aromatic amines is 2. The molecule has 5 heterocycles. The van der Waals surface area contributed by atoms with Crippen LogP contribution in [0.5, 0.6) is 0 Å². The molecule has 8 aromatic rings. The van der Waals surface area contributed by atoms with E-state index >= 15 is 52.7 Å². The second-order valence-corrected chi connectivity index (χ2v) is 16.0. The number of halogens is 15. The van der Waals surface area contributed by atoms with Crippen molar-refractivity contribution in [2.75, 3.05) is 0 Å². The van der Waals surface area contributed by atoms with E-state index in [0.717, 1.165) is 36.4 Å². The first kappa shape index (κ1) is 44.8. The van der Waals surface area contributed by atoms with E-state index in [1.54, 1.807) is 30.3 Å². The number of carbonyl (C=O) groups is 1. The molecule has 0 saturated carbocycles. The lowest BCUT2D eigenvalue weighted by Crippen LogP contribution is -2.06. The highest BCUT2D eigenvalue weighted by Gasteiger charge is 2.34. The Labute approximate surface area is 384 Å². The van der Waals surface area contributed by atoms with Crippen LogP contribution in [-0.4, -0.2) is 26.2 Å². The Kier molecular flexibility index (Phi) is 10.1. The summed E-state index contributed by atoms with van der Waals surface area (Å²) < 4.78 is 230. The predicted octanol–water partition coefficient (Wildman–Crippen LogP) is 14.1. The summed E-state index contributed by atoms with van der Waals surface area (Å²) in [5.74, 6) is -37.0. The first-order valence-corrected chi connectivity index (χ1v) is 20.4. The van der Waals surface area contributed by atoms with Gasteiger partial charge in [0.25, 0.3) is 0 Å². The van der Waals surface area contributed by atoms with E-state index in [0.29, 0.717) is 27.2 Å². The predicted molar refractivity (Wildman–Crippen MR) is 227 cm³/mol. The summed E-state index contributed by atoms with van der Waals surface area (Å²) in [5.41, 5.74) is -11.9. The molecule has 2 N–H and O–H groups in total. The lowest BCUT2D eigenvalue weighted by molar-refractivity contribution is 0.112. The molecule has 0 fully saturated rings. The van der Waals surface area contributed by atoms with Crippen molar-refractivity contribution >= 4 is 52.7 Å². The van der Waals surface area contributed by atoms with Crippen molar-refractivity contribution in [3.8, 4) is 44.5 Å². The Bertz CT molecular complexity index is 4020. The van der Waals surface area contributed by atoms with E-state index in [2.05, 4.69) is 19.9 Å². The molecule has 0 amide bonds. The number of nitrogens with zero attached hydrogens (tertiary/aromatic N) is 2. The fourth-order valence-electron chi connectivity index (χ4n) is 9.12. The van der Waals surface area contributed by atoms with Gasteiger partial charge in [0.1, 0.15) is 0 Å². The molecule has 0 atom stereocenters. The number of H-pyrrole nitrogens is 2. The van der Waals surface area contributed by atoms with Gasteiger partial charge in [-0.25, -0.2) is 75.8 Å². The van der Waals surface area contributed by atoms with Crippen molar-refractivity contribution in [2.45, 2.75) is 0 Å². The van der Waals surface area contributed by atoms with Gasteiger partial charge in [0.05, 0.1) is 39.5 Å². The average molecular weight is 987 g/mol. The zero-order valence-corrected chi connectivity index (χ0v) is 34.6. The van der Waals surface area contributed by atoms with Crippen LogP contribution in [0.3, 0.4) is 0 Å². The molecule has 5 nitrogen and oxygen atoms in total. The first-order chi connectivity index (χ1) is 33.9. The summed E-state index contributed by atoms with van der Waals surface area (Å²) >= 11 is 0. The molecule has 2 aliphatic heterocycles. The van der Waals surface area contributed by atoms with Crippen molar-refractivity contribution < 1.29 is 70.7 Å². The van der Waals surface area contributed by atoms with E-state index in [4.69, 9.17) is 0 Å². The molecule has 352 valence electrons. The molecule has 20 heteroatoms. The number of hydrogen-bond donors (Lipinski definition) is 2. The zero-order valence-electron chi connectivity index (χ0n) is 34.6. The lowest BCUT2D eigenvalue weighted by atomic mass is 9.91. The van der Waals surface area contributed by atoms with E-state index in [9.17, 15) is 18.0 Å². The van der Waals surface area contributed by atoms with Gasteiger partial charge in [-0.3, -0.25) is 4.79 Å². The standard InChI is InChI=1S/C51H17F15N4O/c52-37-34(38(53)44(59)49(64)43(37)58)31-22-9-7-20(67-22)30(19-6-2-5-18-17-4-1-3-16(15-71)28(17)29(18)19)21-8-10-23(68-21)32(35-39(54)45(60)50(65)46(61)40(35)55)25-12-14-27(70-25)33(26-13-11-24(31)69-26)36-41(56)47(62)51(66)48(63)42(36)57/h1-15,67-68H. The molecule has 0 spiro atoms. The average Bonchev–Trinajstić information content (AvgIpc) is 4.23. The van der Waals surface area contributed by atoms with Gasteiger partial charge < -0.3 is 9.97 Å². The Hall–Kier alpha value is -8.68. The second-order valence-electron chi connectivity index (χ2n) is 16.0. The number of aromatic nitrogens is 4. The van der Waals surface area contributed by atoms with Crippen LogP contribution in [0.4, 0.5) is 65.9 Å². The van der Waals surface area contributed by atoms with Crippen molar-refractivity contribution in [3.63, 3.8) is 0 Å². The second kappa shape index (κ2) is 15.9. The van der Waals surface area contributed by atoms with E-state index in [-0.39, 0.29) is 27.7 Å². The Morgan fingerprint density at radius 3 is 1.01 bits per heavy atom. The summed E-state index contributed by atoms with van der Waals surface area (Å²) in [5, 5.41) is 2.08. The molecular formula is C51H17F15N4O. The van der Waals surface area contributed by atoms with Gasteiger partial charge in [-0.1, -0.05) is 36.4 Å². The SMILES string of the molecule is O=Cc1cccc2c1=c1c(-c3c4ccc([nH]4)c(-c4c(F)c(F)c(F)c(F)c4F)c4nc(c(-c5c(F)c(F)c(F)c(F)c5F)c5nc(c(-c6c(F)c(F)c(F)c(F)c6F)c6ccc3[nH]6)C=C5)C=C4)cccc1=2. The molecule has 0 radical (unpaired) electrons. The molecule has 3 aliphatic rings. The van der Waals surface area contributed by atoms with Crippen LogP contribution in [0, 0.1) is 108 Å². The molecule has 1 aliphatic carbocycles. The number of rotatable bonds is 5. The maximum Gasteiger partial charge on any atom is 0.200 e. The van der Waals surface area contributed by atoms with Gasteiger partial charge in [-0.2, -0.15) is 0 Å². The maximum atomic E-state index is 16.1. The fourth-order valence-corrected chi connectivity index (χ4v) is 9.12. The number of hydrogen-bond acceptors (Lipinski definition) is 3. The molecule has 3 aromatic heterocycles. The third kappa shape index (κ3) is 6.28. The number of fused-ring (bicyclic) bond motifs is 10. The van der Waals surface area contributed by atoms with Gasteiger partial charge in [0.15, 0.2) is 76.1 Å². The van der Waals surface area contributed by atoms with Crippen molar-refractivity contribution in [2.24, 2.45) is 0 Å². The quantitative estimate of drug-likeness (QED) is 0.0781. The smallest absolute Gasteiger partial charge is 0.200 e. The Morgan fingerprint density at radius 1 is 0.324 bits per heavy atom. The number of nitrogens with one attached hydrogen (secondary N) is 2. The molecule has 71 heavy (non-hydrogen) atoms. The number of benzene rings is 5. The van der Waals surface area contributed by atoms with Crippen LogP contribution >= 0.6 is 0 Å². The fraction of sp³-hybridized carbons (Fsp3) is 0. The van der Waals surface area contributed by atoms with Gasteiger partial charge in [0, 0.05) is 55.1 Å². The minimum Gasteiger partial charge on any atom is -0.354 e. The van der Waals surface area contributed by atoms with E-state index < -0.39 is 154 Å². The van der Waals surface area contributed by atoms with Gasteiger partial charge in [0.2, 0.25) is 17.5 Å². The van der Waals surface area contributed by atoms with E-state index in [1.807, 2.05) is 0 Å². The Balaban J connectivity index is 1.41. The molecule has 8 bridgehead atoms. The van der Waals surface area contributed by atoms with Crippen LogP contribution < -0.4 is 0 Å². The highest BCUT2D eigenvalue weighted by molar-refractivity contribution is 6.01. The van der Waals surface area contributed by atoms with Crippen LogP contribution in [0.25, 0.3) is 90.9 Å². The molecule has 0 saturated heterocycles. The summed E-state index contributed by atoms with van der Waals surface area (Å²) in [6.07, 6.45) is 3.78. The number of aldehydes is 1. The van der Waals surface area contributed by atoms with Crippen LogP contribution in [-0.2, 0) is 0 Å². The first-order valence-electron chi connectivity index (χ1n) is 20.4. The van der Waals surface area contributed by atoms with Crippen LogP contribution in [0.15, 0.2) is 60.7 Å².